The Hall–Kier alpha value is 0.883. The Labute approximate surface area is 61.6 Å². The third kappa shape index (κ3) is 210. The van der Waals surface area contributed by atoms with Gasteiger partial charge < -0.3 is 9.11 Å². The Bertz CT molecular complexity index is 92.9. The standard InChI is InChI=1S/2Co.H2O4S/c;;1-5(2,3)4/h;;(H2,1,2,3,4)/q2*+2;/p-2. The molecule has 4 nitrogen and oxygen atoms in total. The summed E-state index contributed by atoms with van der Waals surface area (Å²) in [7, 11) is -5.17. The zero-order valence-electron chi connectivity index (χ0n) is 2.71. The van der Waals surface area contributed by atoms with Crippen LogP contribution in [0.4, 0.5) is 0 Å². The van der Waals surface area contributed by atoms with E-state index >= 15 is 0 Å². The molecule has 0 amide bonds. The molecule has 46 valence electrons. The first-order valence-corrected chi connectivity index (χ1v) is 2.00. The summed E-state index contributed by atoms with van der Waals surface area (Å²) in [4.78, 5) is 0. The van der Waals surface area contributed by atoms with E-state index in [1.54, 1.807) is 0 Å². The van der Waals surface area contributed by atoms with E-state index in [0.717, 1.165) is 0 Å². The van der Waals surface area contributed by atoms with Crippen LogP contribution < -0.4 is 0 Å². The van der Waals surface area contributed by atoms with Gasteiger partial charge in [0.25, 0.3) is 0 Å². The first kappa shape index (κ1) is 15.7. The summed E-state index contributed by atoms with van der Waals surface area (Å²) in [6.45, 7) is 0. The third-order valence-corrected chi connectivity index (χ3v) is 0. The van der Waals surface area contributed by atoms with Crippen LogP contribution in [0, 0.1) is 0 Å². The number of rotatable bonds is 0. The molecule has 0 aromatic carbocycles. The SMILES string of the molecule is O=S(=O)([O-])[O-].[Co+2].[Co+2]. The smallest absolute Gasteiger partial charge is 0.759 e. The van der Waals surface area contributed by atoms with Crippen LogP contribution >= 0.6 is 0 Å². The van der Waals surface area contributed by atoms with Crippen molar-refractivity contribution in [1.29, 1.82) is 0 Å². The van der Waals surface area contributed by atoms with Crippen LogP contribution in [0.15, 0.2) is 0 Å². The largest absolute Gasteiger partial charge is 2.00 e. The van der Waals surface area contributed by atoms with Gasteiger partial charge in [0.1, 0.15) is 0 Å². The van der Waals surface area contributed by atoms with Gasteiger partial charge in [0.2, 0.25) is 0 Å². The zero-order valence-corrected chi connectivity index (χ0v) is 5.61. The maximum atomic E-state index is 8.52. The number of hydrogen-bond acceptors (Lipinski definition) is 4. The Kier molecular flexibility index (Phi) is 11.3. The van der Waals surface area contributed by atoms with Gasteiger partial charge in [0.15, 0.2) is 0 Å². The van der Waals surface area contributed by atoms with Crippen molar-refractivity contribution in [1.82, 2.24) is 0 Å². The molecule has 0 aliphatic carbocycles. The second kappa shape index (κ2) is 5.03. The maximum Gasteiger partial charge on any atom is 2.00 e. The molecule has 7 heteroatoms. The number of hydrogen-bond donors (Lipinski definition) is 0. The van der Waals surface area contributed by atoms with E-state index in [0.29, 0.717) is 0 Å². The van der Waals surface area contributed by atoms with Gasteiger partial charge in [0, 0.05) is 10.4 Å². The van der Waals surface area contributed by atoms with Crippen molar-refractivity contribution in [2.45, 2.75) is 0 Å². The fourth-order valence-corrected chi connectivity index (χ4v) is 0. The van der Waals surface area contributed by atoms with E-state index in [1.165, 1.54) is 0 Å². The molecule has 0 unspecified atom stereocenters. The van der Waals surface area contributed by atoms with Crippen LogP contribution in [0.1, 0.15) is 0 Å². The predicted octanol–water partition coefficient (Wildman–Crippen LogP) is -1.34. The maximum absolute atomic E-state index is 8.52. The van der Waals surface area contributed by atoms with Crippen molar-refractivity contribution in [3.05, 3.63) is 0 Å². The van der Waals surface area contributed by atoms with Crippen molar-refractivity contribution in [2.24, 2.45) is 0 Å². The van der Waals surface area contributed by atoms with Gasteiger partial charge in [-0.3, -0.25) is 8.42 Å². The van der Waals surface area contributed by atoms with Gasteiger partial charge in [-0.2, -0.15) is 0 Å². The zero-order chi connectivity index (χ0) is 4.50. The second-order valence-electron chi connectivity index (χ2n) is 0.408. The van der Waals surface area contributed by atoms with Crippen LogP contribution in [0.25, 0.3) is 0 Å². The van der Waals surface area contributed by atoms with E-state index in [4.69, 9.17) is 17.5 Å². The molecule has 7 heavy (non-hydrogen) atoms. The summed E-state index contributed by atoms with van der Waals surface area (Å²) in [6.07, 6.45) is 0. The molecule has 0 aromatic heterocycles. The van der Waals surface area contributed by atoms with Gasteiger partial charge in [-0.05, 0) is 0 Å². The Morgan fingerprint density at radius 1 is 1.00 bits per heavy atom. The van der Waals surface area contributed by atoms with E-state index in [9.17, 15) is 0 Å². The topological polar surface area (TPSA) is 80.3 Å². The molecule has 2 radical (unpaired) electrons. The second-order valence-corrected chi connectivity index (χ2v) is 1.22. The van der Waals surface area contributed by atoms with Crippen LogP contribution in [0.3, 0.4) is 0 Å². The monoisotopic (exact) mass is 214 g/mol. The summed E-state index contributed by atoms with van der Waals surface area (Å²) in [5.74, 6) is 0. The average molecular weight is 214 g/mol. The van der Waals surface area contributed by atoms with Crippen LogP contribution in [0.2, 0.25) is 0 Å². The fourth-order valence-electron chi connectivity index (χ4n) is 0. The van der Waals surface area contributed by atoms with Crippen molar-refractivity contribution in [2.75, 3.05) is 0 Å². The van der Waals surface area contributed by atoms with Crippen LogP contribution in [-0.2, 0) is 44.0 Å². The molecule has 0 spiro atoms. The first-order chi connectivity index (χ1) is 2.00. The van der Waals surface area contributed by atoms with E-state index in [2.05, 4.69) is 0 Å². The minimum absolute atomic E-state index is 0. The Balaban J connectivity index is -0.0000000800. The van der Waals surface area contributed by atoms with Gasteiger partial charge in [-0.15, -0.1) is 0 Å². The van der Waals surface area contributed by atoms with Gasteiger partial charge >= 0.3 is 33.6 Å². The molecule has 0 saturated heterocycles. The minimum Gasteiger partial charge on any atom is -0.759 e. The van der Waals surface area contributed by atoms with E-state index in [-0.39, 0.29) is 33.6 Å². The first-order valence-electron chi connectivity index (χ1n) is 0.667. The Morgan fingerprint density at radius 3 is 1.00 bits per heavy atom. The molecular weight excluding hydrogens is 214 g/mol. The summed E-state index contributed by atoms with van der Waals surface area (Å²) in [5.41, 5.74) is 0. The summed E-state index contributed by atoms with van der Waals surface area (Å²) in [5, 5.41) is 0. The summed E-state index contributed by atoms with van der Waals surface area (Å²) in [6, 6.07) is 0. The molecule has 0 saturated carbocycles. The fraction of sp³-hybridized carbons (Fsp3) is 0. The predicted molar refractivity (Wildman–Crippen MR) is 10.5 cm³/mol. The van der Waals surface area contributed by atoms with Crippen LogP contribution in [0.5, 0.6) is 0 Å². The molecule has 0 aliphatic heterocycles. The molecule has 0 heterocycles. The molecular formula is Co2O4S+2. The molecule has 0 N–H and O–H groups in total. The third-order valence-electron chi connectivity index (χ3n) is 0. The van der Waals surface area contributed by atoms with Gasteiger partial charge in [-0.1, -0.05) is 0 Å². The van der Waals surface area contributed by atoms with Crippen molar-refractivity contribution >= 4 is 10.4 Å². The van der Waals surface area contributed by atoms with E-state index in [1.807, 2.05) is 0 Å². The molecule has 0 fully saturated rings. The summed E-state index contributed by atoms with van der Waals surface area (Å²) >= 11 is 0. The van der Waals surface area contributed by atoms with Gasteiger partial charge in [0.05, 0.1) is 0 Å². The molecule has 0 bridgehead atoms. The molecule has 0 aromatic rings. The molecule has 0 rings (SSSR count). The molecule has 0 aliphatic rings. The quantitative estimate of drug-likeness (QED) is 0.369. The Morgan fingerprint density at radius 2 is 1.00 bits per heavy atom. The van der Waals surface area contributed by atoms with Crippen molar-refractivity contribution in [3.63, 3.8) is 0 Å². The van der Waals surface area contributed by atoms with Crippen LogP contribution in [-0.4, -0.2) is 17.5 Å². The average Bonchev–Trinajstić information content (AvgIpc) is 0.722. The summed E-state index contributed by atoms with van der Waals surface area (Å²) < 4.78 is 34.1. The minimum atomic E-state index is -5.17. The van der Waals surface area contributed by atoms with Crippen molar-refractivity contribution < 1.29 is 51.1 Å². The van der Waals surface area contributed by atoms with Crippen molar-refractivity contribution in [3.8, 4) is 0 Å². The normalized spacial score (nSPS) is 8.29. The molecule has 0 atom stereocenters. The van der Waals surface area contributed by atoms with Gasteiger partial charge in [-0.25, -0.2) is 0 Å². The van der Waals surface area contributed by atoms with E-state index < -0.39 is 10.4 Å².